The van der Waals surface area contributed by atoms with Gasteiger partial charge in [0.2, 0.25) is 0 Å². The second-order valence-electron chi connectivity index (χ2n) is 5.95. The molecular formula is C18H40N2O. The molecule has 0 saturated carbocycles. The lowest BCUT2D eigenvalue weighted by Crippen LogP contribution is -2.35. The van der Waals surface area contributed by atoms with Crippen LogP contribution in [0, 0.1) is 0 Å². The second-order valence-corrected chi connectivity index (χ2v) is 5.95. The number of nitrogens with zero attached hydrogens (tertiary/aromatic N) is 2. The summed E-state index contributed by atoms with van der Waals surface area (Å²) >= 11 is 0. The highest BCUT2D eigenvalue weighted by Gasteiger charge is 2.05. The van der Waals surface area contributed by atoms with Crippen LogP contribution < -0.4 is 0 Å². The molecule has 0 aromatic carbocycles. The maximum Gasteiger partial charge on any atom is 0.0594 e. The first-order valence-electron chi connectivity index (χ1n) is 9.30. The monoisotopic (exact) mass is 300 g/mol. The van der Waals surface area contributed by atoms with Crippen molar-refractivity contribution in [2.75, 3.05) is 52.5 Å². The van der Waals surface area contributed by atoms with Crippen LogP contribution in [0.15, 0.2) is 0 Å². The molecule has 0 aromatic rings. The molecule has 0 aromatic heterocycles. The molecular weight excluding hydrogens is 260 g/mol. The molecule has 0 unspecified atom stereocenters. The van der Waals surface area contributed by atoms with Gasteiger partial charge in [0.05, 0.1) is 13.2 Å². The van der Waals surface area contributed by atoms with Crippen molar-refractivity contribution in [3.8, 4) is 0 Å². The standard InChI is InChI=1S/C12H27N.C6H13NO/c1-4-7-10-13(11-8-5-2)12-9-6-3;1-2-7-3-5-8-6-4-7/h4-12H2,1-3H3;2-6H2,1H3. The van der Waals surface area contributed by atoms with Gasteiger partial charge in [-0.25, -0.2) is 0 Å². The van der Waals surface area contributed by atoms with E-state index in [0.717, 1.165) is 26.3 Å². The summed E-state index contributed by atoms with van der Waals surface area (Å²) in [6.45, 7) is 18.2. The second kappa shape index (κ2) is 16.3. The van der Waals surface area contributed by atoms with Gasteiger partial charge in [0.1, 0.15) is 0 Å². The summed E-state index contributed by atoms with van der Waals surface area (Å²) in [5.41, 5.74) is 0. The Hall–Kier alpha value is -0.120. The number of morpholine rings is 1. The highest BCUT2D eigenvalue weighted by Crippen LogP contribution is 2.01. The highest BCUT2D eigenvalue weighted by molar-refractivity contribution is 4.58. The number of rotatable bonds is 10. The van der Waals surface area contributed by atoms with E-state index >= 15 is 0 Å². The average Bonchev–Trinajstić information content (AvgIpc) is 2.55. The molecule has 21 heavy (non-hydrogen) atoms. The van der Waals surface area contributed by atoms with Crippen LogP contribution in [0.1, 0.15) is 66.2 Å². The number of likely N-dealkylation sites (N-methyl/N-ethyl adjacent to an activating group) is 1. The van der Waals surface area contributed by atoms with Gasteiger partial charge in [0, 0.05) is 13.1 Å². The normalized spacial score (nSPS) is 15.9. The molecule has 1 aliphatic rings. The topological polar surface area (TPSA) is 15.7 Å². The van der Waals surface area contributed by atoms with Gasteiger partial charge in [-0.1, -0.05) is 47.0 Å². The summed E-state index contributed by atoms with van der Waals surface area (Å²) in [6, 6.07) is 0. The van der Waals surface area contributed by atoms with Gasteiger partial charge in [-0.05, 0) is 45.4 Å². The first kappa shape index (κ1) is 20.9. The molecule has 0 spiro atoms. The Kier molecular flexibility index (Phi) is 16.2. The molecule has 0 amide bonds. The SMILES string of the molecule is CCCCN(CCCC)CCCC.CCN1CCOCC1. The van der Waals surface area contributed by atoms with Gasteiger partial charge in [-0.3, -0.25) is 4.90 Å². The van der Waals surface area contributed by atoms with Crippen LogP contribution in [-0.2, 0) is 4.74 Å². The zero-order valence-corrected chi connectivity index (χ0v) is 15.2. The molecule has 0 N–H and O–H groups in total. The summed E-state index contributed by atoms with van der Waals surface area (Å²) in [5.74, 6) is 0. The van der Waals surface area contributed by atoms with Gasteiger partial charge in [0.25, 0.3) is 0 Å². The summed E-state index contributed by atoms with van der Waals surface area (Å²) in [5, 5.41) is 0. The molecule has 128 valence electrons. The van der Waals surface area contributed by atoms with Crippen molar-refractivity contribution in [3.63, 3.8) is 0 Å². The zero-order chi connectivity index (χ0) is 15.8. The summed E-state index contributed by atoms with van der Waals surface area (Å²) in [7, 11) is 0. The molecule has 3 nitrogen and oxygen atoms in total. The third-order valence-electron chi connectivity index (χ3n) is 4.03. The number of hydrogen-bond donors (Lipinski definition) is 0. The molecule has 0 bridgehead atoms. The van der Waals surface area contributed by atoms with Crippen molar-refractivity contribution in [2.24, 2.45) is 0 Å². The van der Waals surface area contributed by atoms with E-state index in [2.05, 4.69) is 37.5 Å². The Bertz CT molecular complexity index is 175. The van der Waals surface area contributed by atoms with Gasteiger partial charge in [-0.15, -0.1) is 0 Å². The lowest BCUT2D eigenvalue weighted by atomic mass is 10.2. The van der Waals surface area contributed by atoms with Gasteiger partial charge >= 0.3 is 0 Å². The van der Waals surface area contributed by atoms with E-state index in [0.29, 0.717) is 0 Å². The smallest absolute Gasteiger partial charge is 0.0594 e. The van der Waals surface area contributed by atoms with Crippen molar-refractivity contribution in [2.45, 2.75) is 66.2 Å². The fourth-order valence-corrected chi connectivity index (χ4v) is 2.40. The predicted octanol–water partition coefficient (Wildman–Crippen LogP) is 4.03. The van der Waals surface area contributed by atoms with Crippen molar-refractivity contribution >= 4 is 0 Å². The third kappa shape index (κ3) is 13.3. The summed E-state index contributed by atoms with van der Waals surface area (Å²) in [6.07, 6.45) is 8.09. The molecule has 3 heteroatoms. The lowest BCUT2D eigenvalue weighted by molar-refractivity contribution is 0.0405. The van der Waals surface area contributed by atoms with E-state index in [-0.39, 0.29) is 0 Å². The van der Waals surface area contributed by atoms with Gasteiger partial charge in [-0.2, -0.15) is 0 Å². The van der Waals surface area contributed by atoms with Crippen molar-refractivity contribution < 1.29 is 4.74 Å². The zero-order valence-electron chi connectivity index (χ0n) is 15.2. The Morgan fingerprint density at radius 3 is 1.48 bits per heavy atom. The largest absolute Gasteiger partial charge is 0.379 e. The maximum atomic E-state index is 5.16. The summed E-state index contributed by atoms with van der Waals surface area (Å²) in [4.78, 5) is 5.03. The van der Waals surface area contributed by atoms with E-state index in [9.17, 15) is 0 Å². The third-order valence-corrected chi connectivity index (χ3v) is 4.03. The number of unbranched alkanes of at least 4 members (excludes halogenated alkanes) is 3. The quantitative estimate of drug-likeness (QED) is 0.606. The predicted molar refractivity (Wildman–Crippen MR) is 94.1 cm³/mol. The van der Waals surface area contributed by atoms with Crippen LogP contribution >= 0.6 is 0 Å². The Morgan fingerprint density at radius 2 is 1.19 bits per heavy atom. The maximum absolute atomic E-state index is 5.16. The fourth-order valence-electron chi connectivity index (χ4n) is 2.40. The Labute approximate surface area is 134 Å². The van der Waals surface area contributed by atoms with Crippen molar-refractivity contribution in [1.82, 2.24) is 9.80 Å². The van der Waals surface area contributed by atoms with Crippen molar-refractivity contribution in [1.29, 1.82) is 0 Å². The van der Waals surface area contributed by atoms with Crippen LogP contribution in [-0.4, -0.2) is 62.3 Å². The number of hydrogen-bond acceptors (Lipinski definition) is 3. The molecule has 1 saturated heterocycles. The highest BCUT2D eigenvalue weighted by atomic mass is 16.5. The van der Waals surface area contributed by atoms with Gasteiger partial charge < -0.3 is 9.64 Å². The average molecular weight is 301 g/mol. The van der Waals surface area contributed by atoms with E-state index in [1.165, 1.54) is 64.7 Å². The van der Waals surface area contributed by atoms with Crippen LogP contribution in [0.4, 0.5) is 0 Å². The molecule has 1 rings (SSSR count). The molecule has 0 radical (unpaired) electrons. The Balaban J connectivity index is 0.000000423. The minimum absolute atomic E-state index is 0.924. The van der Waals surface area contributed by atoms with Crippen LogP contribution in [0.2, 0.25) is 0 Å². The molecule has 0 atom stereocenters. The first-order valence-corrected chi connectivity index (χ1v) is 9.30. The van der Waals surface area contributed by atoms with Crippen LogP contribution in [0.5, 0.6) is 0 Å². The van der Waals surface area contributed by atoms with E-state index in [1.54, 1.807) is 0 Å². The van der Waals surface area contributed by atoms with Gasteiger partial charge in [0.15, 0.2) is 0 Å². The lowest BCUT2D eigenvalue weighted by Gasteiger charge is -2.24. The van der Waals surface area contributed by atoms with E-state index in [1.807, 2.05) is 0 Å². The molecule has 1 aliphatic heterocycles. The first-order chi connectivity index (χ1) is 10.3. The number of ether oxygens (including phenoxy) is 1. The van der Waals surface area contributed by atoms with Crippen LogP contribution in [0.3, 0.4) is 0 Å². The van der Waals surface area contributed by atoms with E-state index in [4.69, 9.17) is 4.74 Å². The summed E-state index contributed by atoms with van der Waals surface area (Å²) < 4.78 is 5.16. The molecule has 0 aliphatic carbocycles. The van der Waals surface area contributed by atoms with E-state index < -0.39 is 0 Å². The molecule has 1 heterocycles. The Morgan fingerprint density at radius 1 is 0.762 bits per heavy atom. The fraction of sp³-hybridized carbons (Fsp3) is 1.00. The minimum atomic E-state index is 0.924. The minimum Gasteiger partial charge on any atom is -0.379 e. The van der Waals surface area contributed by atoms with Crippen molar-refractivity contribution in [3.05, 3.63) is 0 Å². The van der Waals surface area contributed by atoms with Crippen LogP contribution in [0.25, 0.3) is 0 Å². The molecule has 1 fully saturated rings.